The Labute approximate surface area is 199 Å². The monoisotopic (exact) mass is 484 g/mol. The number of aliphatic hydroxyl groups is 1. The maximum atomic E-state index is 12.8. The second-order valence-electron chi connectivity index (χ2n) is 9.14. The van der Waals surface area contributed by atoms with Crippen LogP contribution in [-0.2, 0) is 30.3 Å². The van der Waals surface area contributed by atoms with Crippen LogP contribution in [0.3, 0.4) is 0 Å². The zero-order chi connectivity index (χ0) is 22.6. The minimum Gasteiger partial charge on any atom is -0.459 e. The molecule has 1 saturated carbocycles. The molecule has 6 rings (SSSR count). The number of benzene rings is 1. The van der Waals surface area contributed by atoms with Gasteiger partial charge in [-0.2, -0.15) is 4.98 Å². The maximum Gasteiger partial charge on any atom is 0.228 e. The van der Waals surface area contributed by atoms with E-state index in [1.165, 1.54) is 0 Å². The molecule has 0 spiro atoms. The van der Waals surface area contributed by atoms with Gasteiger partial charge in [-0.3, -0.25) is 4.21 Å². The Hall–Kier alpha value is -2.42. The number of hydrogen-bond donors (Lipinski definition) is 2. The largest absolute Gasteiger partial charge is 0.459 e. The van der Waals surface area contributed by atoms with Crippen LogP contribution in [0.25, 0.3) is 11.3 Å². The molecular weight excluding hydrogens is 460 g/mol. The third-order valence-electron chi connectivity index (χ3n) is 6.90. The number of aliphatic hydroxyl groups excluding tert-OH is 1. The molecule has 2 N–H and O–H groups in total. The lowest BCUT2D eigenvalue weighted by Gasteiger charge is -2.42. The number of aryl methyl sites for hydroxylation is 1. The van der Waals surface area contributed by atoms with Crippen LogP contribution >= 0.6 is 11.6 Å². The summed E-state index contributed by atoms with van der Waals surface area (Å²) >= 11 is 6.01. The number of rotatable bonds is 5. The predicted molar refractivity (Wildman–Crippen MR) is 128 cm³/mol. The molecule has 0 saturated heterocycles. The van der Waals surface area contributed by atoms with Crippen molar-refractivity contribution in [3.8, 4) is 11.3 Å². The quantitative estimate of drug-likeness (QED) is 0.558. The van der Waals surface area contributed by atoms with Gasteiger partial charge in [-0.1, -0.05) is 11.6 Å². The van der Waals surface area contributed by atoms with Crippen molar-refractivity contribution in [2.45, 2.75) is 55.6 Å². The average Bonchev–Trinajstić information content (AvgIpc) is 3.36. The minimum absolute atomic E-state index is 0.0411. The van der Waals surface area contributed by atoms with Gasteiger partial charge in [0.25, 0.3) is 0 Å². The van der Waals surface area contributed by atoms with Crippen molar-refractivity contribution in [3.05, 3.63) is 52.4 Å². The van der Waals surface area contributed by atoms with E-state index in [0.29, 0.717) is 40.5 Å². The van der Waals surface area contributed by atoms with Crippen LogP contribution in [0.4, 0.5) is 11.8 Å². The van der Waals surface area contributed by atoms with E-state index in [4.69, 9.17) is 26.0 Å². The zero-order valence-electron chi connectivity index (χ0n) is 18.1. The third-order valence-corrected chi connectivity index (χ3v) is 8.69. The van der Waals surface area contributed by atoms with Crippen molar-refractivity contribution >= 4 is 34.2 Å². The maximum absolute atomic E-state index is 12.8. The van der Waals surface area contributed by atoms with Gasteiger partial charge in [-0.05, 0) is 62.4 Å². The topological polar surface area (TPSA) is 91.5 Å². The van der Waals surface area contributed by atoms with Crippen molar-refractivity contribution in [3.63, 3.8) is 0 Å². The summed E-state index contributed by atoms with van der Waals surface area (Å²) in [5.41, 5.74) is 2.59. The number of fused-ring (bicyclic) bond motifs is 2. The van der Waals surface area contributed by atoms with Gasteiger partial charge in [-0.15, -0.1) is 0 Å². The van der Waals surface area contributed by atoms with Crippen LogP contribution in [0.1, 0.15) is 42.7 Å². The van der Waals surface area contributed by atoms with E-state index in [9.17, 15) is 9.32 Å². The Bertz CT molecular complexity index is 1210. The first-order valence-electron chi connectivity index (χ1n) is 11.3. The van der Waals surface area contributed by atoms with Crippen molar-refractivity contribution in [1.82, 2.24) is 9.97 Å². The fraction of sp³-hybridized carbons (Fsp3) is 0.417. The van der Waals surface area contributed by atoms with Gasteiger partial charge in [0, 0.05) is 28.4 Å². The second kappa shape index (κ2) is 8.11. The Morgan fingerprint density at radius 2 is 2.00 bits per heavy atom. The molecule has 172 valence electrons. The van der Waals surface area contributed by atoms with Gasteiger partial charge >= 0.3 is 0 Å². The smallest absolute Gasteiger partial charge is 0.228 e. The molecule has 3 aliphatic rings. The highest BCUT2D eigenvalue weighted by Gasteiger charge is 2.39. The van der Waals surface area contributed by atoms with Crippen LogP contribution in [0.2, 0.25) is 5.02 Å². The van der Waals surface area contributed by atoms with Crippen LogP contribution in [0, 0.1) is 0 Å². The standard InChI is InChI=1S/C24H25ClN4O3S/c25-17-6-4-15(5-7-17)19-11-16-12-29(13-20(16)32-19)23-26-18-3-1-10-33(31)21(18)22(27-23)28-24(14-30)8-2-9-24/h4-7,11,30H,1-3,8-10,12-14H2,(H,26,27,28)/t33-/m1/s1. The van der Waals surface area contributed by atoms with E-state index < -0.39 is 10.8 Å². The Kier molecular flexibility index (Phi) is 5.19. The van der Waals surface area contributed by atoms with Crippen molar-refractivity contribution in [2.24, 2.45) is 0 Å². The van der Waals surface area contributed by atoms with Gasteiger partial charge < -0.3 is 19.7 Å². The fourth-order valence-electron chi connectivity index (χ4n) is 4.84. The molecule has 1 atom stereocenters. The van der Waals surface area contributed by atoms with Crippen molar-refractivity contribution in [1.29, 1.82) is 0 Å². The molecule has 2 aromatic heterocycles. The van der Waals surface area contributed by atoms with E-state index in [0.717, 1.165) is 60.4 Å². The van der Waals surface area contributed by atoms with Crippen LogP contribution < -0.4 is 10.2 Å². The highest BCUT2D eigenvalue weighted by Crippen LogP contribution is 2.39. The van der Waals surface area contributed by atoms with Gasteiger partial charge in [0.2, 0.25) is 5.95 Å². The van der Waals surface area contributed by atoms with Crippen molar-refractivity contribution < 1.29 is 13.7 Å². The normalized spacial score (nSPS) is 20.8. The molecule has 1 fully saturated rings. The second-order valence-corrected chi connectivity index (χ2v) is 11.1. The number of anilines is 2. The zero-order valence-corrected chi connectivity index (χ0v) is 19.7. The van der Waals surface area contributed by atoms with Gasteiger partial charge in [0.1, 0.15) is 22.2 Å². The molecule has 1 aliphatic carbocycles. The summed E-state index contributed by atoms with van der Waals surface area (Å²) in [4.78, 5) is 12.5. The van der Waals surface area contributed by atoms with E-state index in [2.05, 4.69) is 16.3 Å². The SMILES string of the molecule is O=[S@@]1CCCc2nc(N3Cc4cc(-c5ccc(Cl)cc5)oc4C3)nc(NC3(CO)CCC3)c21. The van der Waals surface area contributed by atoms with E-state index >= 15 is 0 Å². The molecule has 0 radical (unpaired) electrons. The van der Waals surface area contributed by atoms with E-state index in [1.807, 2.05) is 24.3 Å². The molecule has 33 heavy (non-hydrogen) atoms. The fourth-order valence-corrected chi connectivity index (χ4v) is 6.30. The number of hydrogen-bond acceptors (Lipinski definition) is 7. The molecule has 9 heteroatoms. The summed E-state index contributed by atoms with van der Waals surface area (Å²) in [6.07, 6.45) is 4.48. The lowest BCUT2D eigenvalue weighted by molar-refractivity contribution is 0.143. The van der Waals surface area contributed by atoms with Crippen molar-refractivity contribution in [2.75, 3.05) is 22.6 Å². The molecule has 0 bridgehead atoms. The summed E-state index contributed by atoms with van der Waals surface area (Å²) in [6.45, 7) is 1.27. The first kappa shape index (κ1) is 21.1. The first-order valence-corrected chi connectivity index (χ1v) is 13.0. The number of nitrogens with zero attached hydrogens (tertiary/aromatic N) is 3. The lowest BCUT2D eigenvalue weighted by atomic mass is 9.77. The highest BCUT2D eigenvalue weighted by atomic mass is 35.5. The Balaban J connectivity index is 1.30. The molecule has 7 nitrogen and oxygen atoms in total. The lowest BCUT2D eigenvalue weighted by Crippen LogP contribution is -2.49. The minimum atomic E-state index is -1.12. The Morgan fingerprint density at radius 1 is 1.18 bits per heavy atom. The molecule has 0 amide bonds. The molecule has 3 aromatic rings. The van der Waals surface area contributed by atoms with Gasteiger partial charge in [0.05, 0.1) is 35.2 Å². The summed E-state index contributed by atoms with van der Waals surface area (Å²) in [7, 11) is -1.12. The highest BCUT2D eigenvalue weighted by molar-refractivity contribution is 7.85. The van der Waals surface area contributed by atoms with E-state index in [1.54, 1.807) is 0 Å². The number of halogens is 1. The molecule has 4 heterocycles. The summed E-state index contributed by atoms with van der Waals surface area (Å²) < 4.78 is 19.0. The first-order chi connectivity index (χ1) is 16.0. The molecule has 1 aromatic carbocycles. The predicted octanol–water partition coefficient (Wildman–Crippen LogP) is 4.29. The summed E-state index contributed by atoms with van der Waals surface area (Å²) in [6, 6.07) is 9.70. The van der Waals surface area contributed by atoms with Gasteiger partial charge in [0.15, 0.2) is 0 Å². The summed E-state index contributed by atoms with van der Waals surface area (Å²) in [5.74, 6) is 3.59. The third kappa shape index (κ3) is 3.74. The van der Waals surface area contributed by atoms with Crippen LogP contribution in [-0.4, -0.2) is 37.2 Å². The molecule has 2 aliphatic heterocycles. The molecule has 0 unspecified atom stereocenters. The van der Waals surface area contributed by atoms with E-state index in [-0.39, 0.29) is 12.1 Å². The molecular formula is C24H25ClN4O3S. The summed E-state index contributed by atoms with van der Waals surface area (Å²) in [5, 5.41) is 14.1. The van der Waals surface area contributed by atoms with Crippen LogP contribution in [0.15, 0.2) is 39.6 Å². The number of nitrogens with one attached hydrogen (secondary N) is 1. The number of furan rings is 1. The Morgan fingerprint density at radius 3 is 2.70 bits per heavy atom. The van der Waals surface area contributed by atoms with Gasteiger partial charge in [-0.25, -0.2) is 4.98 Å². The van der Waals surface area contributed by atoms with Crippen LogP contribution in [0.5, 0.6) is 0 Å². The number of aromatic nitrogens is 2. The average molecular weight is 485 g/mol.